The molecule has 2 atom stereocenters. The van der Waals surface area contributed by atoms with Gasteiger partial charge in [-0.1, -0.05) is 61.7 Å². The largest absolute Gasteiger partial charge is 0.468 e. The van der Waals surface area contributed by atoms with E-state index < -0.39 is 23.6 Å². The lowest BCUT2D eigenvalue weighted by Crippen LogP contribution is -2.39. The summed E-state index contributed by atoms with van der Waals surface area (Å²) < 4.78 is 10.2. The van der Waals surface area contributed by atoms with Crippen LogP contribution in [0.2, 0.25) is 0 Å². The van der Waals surface area contributed by atoms with Crippen LogP contribution in [0.5, 0.6) is 5.75 Å². The SMILES string of the molecule is COC(=O)[C@@H](N)Cc1ccc(OC(=O)C[C@@](O)(c2ccccc2)C2CCCCC2)cc1. The predicted molar refractivity (Wildman–Crippen MR) is 117 cm³/mol. The van der Waals surface area contributed by atoms with Crippen molar-refractivity contribution in [3.8, 4) is 5.75 Å². The molecule has 6 nitrogen and oxygen atoms in total. The van der Waals surface area contributed by atoms with Crippen LogP contribution < -0.4 is 10.5 Å². The number of rotatable bonds is 8. The van der Waals surface area contributed by atoms with Crippen LogP contribution in [0.15, 0.2) is 54.6 Å². The molecule has 3 rings (SSSR count). The zero-order valence-corrected chi connectivity index (χ0v) is 18.0. The molecule has 1 saturated carbocycles. The smallest absolute Gasteiger partial charge is 0.322 e. The number of carbonyl (C=O) groups is 2. The van der Waals surface area contributed by atoms with E-state index in [4.69, 9.17) is 10.5 Å². The molecule has 0 saturated heterocycles. The number of nitrogens with two attached hydrogens (primary N) is 1. The normalized spacial score (nSPS) is 17.4. The van der Waals surface area contributed by atoms with Gasteiger partial charge in [-0.25, -0.2) is 0 Å². The van der Waals surface area contributed by atoms with Crippen LogP contribution in [-0.2, 0) is 26.3 Å². The third kappa shape index (κ3) is 5.93. The fourth-order valence-corrected chi connectivity index (χ4v) is 4.36. The van der Waals surface area contributed by atoms with Gasteiger partial charge in [0.05, 0.1) is 13.5 Å². The first-order valence-electron chi connectivity index (χ1n) is 10.8. The topological polar surface area (TPSA) is 98.9 Å². The lowest BCUT2D eigenvalue weighted by Gasteiger charge is -2.38. The van der Waals surface area contributed by atoms with Crippen molar-refractivity contribution in [2.24, 2.45) is 11.7 Å². The summed E-state index contributed by atoms with van der Waals surface area (Å²) in [5.74, 6) is -0.535. The van der Waals surface area contributed by atoms with Crippen molar-refractivity contribution in [1.29, 1.82) is 0 Å². The molecule has 1 aliphatic rings. The minimum absolute atomic E-state index is 0.0263. The number of ether oxygens (including phenoxy) is 2. The highest BCUT2D eigenvalue weighted by Gasteiger charge is 2.41. The molecule has 166 valence electrons. The van der Waals surface area contributed by atoms with Gasteiger partial charge >= 0.3 is 11.9 Å². The number of carbonyl (C=O) groups excluding carboxylic acids is 2. The minimum Gasteiger partial charge on any atom is -0.468 e. The number of methoxy groups -OCH3 is 1. The molecule has 1 fully saturated rings. The Morgan fingerprint density at radius 1 is 1.06 bits per heavy atom. The average molecular weight is 426 g/mol. The fraction of sp³-hybridized carbons (Fsp3) is 0.440. The predicted octanol–water partition coefficient (Wildman–Crippen LogP) is 3.49. The molecule has 0 unspecified atom stereocenters. The second-order valence-corrected chi connectivity index (χ2v) is 8.25. The summed E-state index contributed by atoms with van der Waals surface area (Å²) in [5, 5.41) is 11.6. The van der Waals surface area contributed by atoms with Crippen LogP contribution in [0.4, 0.5) is 0 Å². The lowest BCUT2D eigenvalue weighted by atomic mass is 9.72. The minimum atomic E-state index is -1.24. The monoisotopic (exact) mass is 425 g/mol. The highest BCUT2D eigenvalue weighted by molar-refractivity contribution is 5.76. The first-order chi connectivity index (χ1) is 14.9. The summed E-state index contributed by atoms with van der Waals surface area (Å²) in [6.07, 6.45) is 5.31. The van der Waals surface area contributed by atoms with Crippen LogP contribution >= 0.6 is 0 Å². The molecular weight excluding hydrogens is 394 g/mol. The number of esters is 2. The Balaban J connectivity index is 1.67. The molecule has 0 aromatic heterocycles. The van der Waals surface area contributed by atoms with E-state index in [0.29, 0.717) is 12.2 Å². The van der Waals surface area contributed by atoms with Gasteiger partial charge < -0.3 is 20.3 Å². The molecule has 0 amide bonds. The molecule has 31 heavy (non-hydrogen) atoms. The molecule has 0 aliphatic heterocycles. The molecule has 0 bridgehead atoms. The average Bonchev–Trinajstić information content (AvgIpc) is 2.80. The van der Waals surface area contributed by atoms with Crippen LogP contribution in [0.3, 0.4) is 0 Å². The molecule has 1 aliphatic carbocycles. The van der Waals surface area contributed by atoms with Gasteiger partial charge in [-0.15, -0.1) is 0 Å². The van der Waals surface area contributed by atoms with E-state index in [0.717, 1.165) is 43.2 Å². The van der Waals surface area contributed by atoms with Crippen molar-refractivity contribution < 1.29 is 24.2 Å². The van der Waals surface area contributed by atoms with Crippen molar-refractivity contribution in [2.75, 3.05) is 7.11 Å². The molecule has 3 N–H and O–H groups in total. The number of aliphatic hydroxyl groups is 1. The second-order valence-electron chi connectivity index (χ2n) is 8.25. The van der Waals surface area contributed by atoms with Crippen molar-refractivity contribution in [3.05, 3.63) is 65.7 Å². The summed E-state index contributed by atoms with van der Waals surface area (Å²) in [6, 6.07) is 15.5. The van der Waals surface area contributed by atoms with Crippen molar-refractivity contribution in [3.63, 3.8) is 0 Å². The van der Waals surface area contributed by atoms with Gasteiger partial charge in [0.25, 0.3) is 0 Å². The Morgan fingerprint density at radius 3 is 2.32 bits per heavy atom. The molecule has 0 spiro atoms. The van der Waals surface area contributed by atoms with Gasteiger partial charge in [-0.3, -0.25) is 9.59 Å². The maximum absolute atomic E-state index is 12.8. The highest BCUT2D eigenvalue weighted by Crippen LogP contribution is 2.42. The maximum atomic E-state index is 12.8. The van der Waals surface area contributed by atoms with E-state index in [9.17, 15) is 14.7 Å². The standard InChI is InChI=1S/C25H31NO5/c1-30-24(28)22(26)16-18-12-14-21(15-13-18)31-23(27)17-25(29,19-8-4-2-5-9-19)20-10-6-3-7-11-20/h2,4-5,8-9,12-15,20,22,29H,3,6-7,10-11,16-17,26H2,1H3/t22-,25+/m0/s1. The van der Waals surface area contributed by atoms with Gasteiger partial charge in [0, 0.05) is 0 Å². The van der Waals surface area contributed by atoms with E-state index in [-0.39, 0.29) is 12.3 Å². The van der Waals surface area contributed by atoms with E-state index >= 15 is 0 Å². The molecule has 0 heterocycles. The maximum Gasteiger partial charge on any atom is 0.322 e. The van der Waals surface area contributed by atoms with E-state index in [2.05, 4.69) is 4.74 Å². The van der Waals surface area contributed by atoms with Gasteiger partial charge in [0.15, 0.2) is 0 Å². The third-order valence-electron chi connectivity index (χ3n) is 6.08. The molecule has 2 aromatic rings. The summed E-state index contributed by atoms with van der Waals surface area (Å²) in [5.41, 5.74) is 6.13. The Kier molecular flexibility index (Phi) is 7.82. The number of hydrogen-bond acceptors (Lipinski definition) is 6. The molecule has 0 radical (unpaired) electrons. The zero-order valence-electron chi connectivity index (χ0n) is 18.0. The molecule has 6 heteroatoms. The van der Waals surface area contributed by atoms with Crippen LogP contribution in [0.1, 0.15) is 49.7 Å². The van der Waals surface area contributed by atoms with E-state index in [1.165, 1.54) is 7.11 Å². The van der Waals surface area contributed by atoms with Gasteiger partial charge in [0.2, 0.25) is 0 Å². The second kappa shape index (κ2) is 10.6. The summed E-state index contributed by atoms with van der Waals surface area (Å²) in [6.45, 7) is 0. The van der Waals surface area contributed by atoms with Crippen molar-refractivity contribution in [2.45, 2.75) is 56.6 Å². The first-order valence-corrected chi connectivity index (χ1v) is 10.8. The van der Waals surface area contributed by atoms with E-state index in [1.54, 1.807) is 24.3 Å². The fourth-order valence-electron chi connectivity index (χ4n) is 4.36. The Morgan fingerprint density at radius 2 is 1.71 bits per heavy atom. The number of hydrogen-bond donors (Lipinski definition) is 2. The van der Waals surface area contributed by atoms with Crippen LogP contribution in [0.25, 0.3) is 0 Å². The lowest BCUT2D eigenvalue weighted by molar-refractivity contribution is -0.144. The Hall–Kier alpha value is -2.70. The Labute approximate surface area is 183 Å². The van der Waals surface area contributed by atoms with Crippen LogP contribution in [-0.4, -0.2) is 30.2 Å². The first kappa shape index (κ1) is 23.0. The van der Waals surface area contributed by atoms with Crippen molar-refractivity contribution in [1.82, 2.24) is 0 Å². The third-order valence-corrected chi connectivity index (χ3v) is 6.08. The zero-order chi connectivity index (χ0) is 22.3. The van der Waals surface area contributed by atoms with Gasteiger partial charge in [-0.05, 0) is 48.4 Å². The van der Waals surface area contributed by atoms with Crippen molar-refractivity contribution >= 4 is 11.9 Å². The molecule has 2 aromatic carbocycles. The number of benzene rings is 2. The Bertz CT molecular complexity index is 861. The van der Waals surface area contributed by atoms with Crippen LogP contribution in [0, 0.1) is 5.92 Å². The van der Waals surface area contributed by atoms with Gasteiger partial charge in [0.1, 0.15) is 17.4 Å². The highest BCUT2D eigenvalue weighted by atomic mass is 16.5. The summed E-state index contributed by atoms with van der Waals surface area (Å²) in [4.78, 5) is 24.2. The quantitative estimate of drug-likeness (QED) is 0.496. The van der Waals surface area contributed by atoms with Gasteiger partial charge in [-0.2, -0.15) is 0 Å². The summed E-state index contributed by atoms with van der Waals surface area (Å²) >= 11 is 0. The summed E-state index contributed by atoms with van der Waals surface area (Å²) in [7, 11) is 1.30. The van der Waals surface area contributed by atoms with E-state index in [1.807, 2.05) is 30.3 Å². The molecular formula is C25H31NO5.